The van der Waals surface area contributed by atoms with Gasteiger partial charge in [-0.05, 0) is 68.9 Å². The van der Waals surface area contributed by atoms with Gasteiger partial charge in [0.25, 0.3) is 0 Å². The van der Waals surface area contributed by atoms with Crippen molar-refractivity contribution in [1.29, 1.82) is 0 Å². The first-order chi connectivity index (χ1) is 14.0. The Labute approximate surface area is 177 Å². The minimum absolute atomic E-state index is 0.00370. The molecular weight excluding hydrogens is 380 g/mol. The summed E-state index contributed by atoms with van der Waals surface area (Å²) in [5.74, 6) is 0.810. The summed E-state index contributed by atoms with van der Waals surface area (Å²) in [4.78, 5) is 6.82. The number of ether oxygens (including phenoxy) is 1. The summed E-state index contributed by atoms with van der Waals surface area (Å²) in [6.07, 6.45) is 1.83. The molecule has 1 aliphatic rings. The number of anilines is 1. The minimum Gasteiger partial charge on any atom is -0.497 e. The van der Waals surface area contributed by atoms with Crippen LogP contribution in [0.1, 0.15) is 41.7 Å². The van der Waals surface area contributed by atoms with Gasteiger partial charge >= 0.3 is 0 Å². The molecule has 2 aromatic heterocycles. The van der Waals surface area contributed by atoms with E-state index in [0.29, 0.717) is 5.11 Å². The Hall–Kier alpha value is -2.86. The average molecular weight is 407 g/mol. The van der Waals surface area contributed by atoms with Gasteiger partial charge in [-0.1, -0.05) is 12.1 Å². The molecular formula is C23H26N4OS. The van der Waals surface area contributed by atoms with Crippen LogP contribution in [0.4, 0.5) is 5.69 Å². The van der Waals surface area contributed by atoms with E-state index in [2.05, 4.69) is 58.7 Å². The van der Waals surface area contributed by atoms with E-state index >= 15 is 0 Å². The summed E-state index contributed by atoms with van der Waals surface area (Å²) in [6, 6.07) is 16.3. The second-order valence-corrected chi connectivity index (χ2v) is 7.66. The first-order valence-corrected chi connectivity index (χ1v) is 10.3. The highest BCUT2D eigenvalue weighted by atomic mass is 32.1. The van der Waals surface area contributed by atoms with Gasteiger partial charge in [0.1, 0.15) is 5.75 Å². The van der Waals surface area contributed by atoms with Gasteiger partial charge in [-0.25, -0.2) is 0 Å². The van der Waals surface area contributed by atoms with Gasteiger partial charge in [0.15, 0.2) is 5.11 Å². The number of rotatable bonds is 5. The Morgan fingerprint density at radius 2 is 1.97 bits per heavy atom. The molecule has 3 aromatic rings. The van der Waals surface area contributed by atoms with E-state index in [1.54, 1.807) is 7.11 Å². The van der Waals surface area contributed by atoms with E-state index in [1.807, 2.05) is 36.5 Å². The Morgan fingerprint density at radius 3 is 2.62 bits per heavy atom. The molecule has 0 aliphatic carbocycles. The van der Waals surface area contributed by atoms with Crippen molar-refractivity contribution in [1.82, 2.24) is 14.9 Å². The summed E-state index contributed by atoms with van der Waals surface area (Å²) in [5, 5.41) is 4.22. The maximum atomic E-state index is 5.81. The van der Waals surface area contributed by atoms with Crippen LogP contribution >= 0.6 is 12.2 Å². The highest BCUT2D eigenvalue weighted by molar-refractivity contribution is 7.80. The molecule has 2 atom stereocenters. The molecule has 1 saturated heterocycles. The fourth-order valence-corrected chi connectivity index (χ4v) is 4.67. The summed E-state index contributed by atoms with van der Waals surface area (Å²) >= 11 is 5.81. The van der Waals surface area contributed by atoms with Gasteiger partial charge in [-0.15, -0.1) is 0 Å². The predicted octanol–water partition coefficient (Wildman–Crippen LogP) is 4.71. The highest BCUT2D eigenvalue weighted by Gasteiger charge is 2.42. The third kappa shape index (κ3) is 3.38. The lowest BCUT2D eigenvalue weighted by Gasteiger charge is -2.28. The second kappa shape index (κ2) is 7.87. The number of methoxy groups -OCH3 is 1. The van der Waals surface area contributed by atoms with Gasteiger partial charge in [0.05, 0.1) is 24.9 Å². The van der Waals surface area contributed by atoms with Crippen molar-refractivity contribution in [3.05, 3.63) is 77.4 Å². The first-order valence-electron chi connectivity index (χ1n) is 9.86. The molecule has 6 heteroatoms. The molecule has 1 fully saturated rings. The van der Waals surface area contributed by atoms with Crippen LogP contribution < -0.4 is 15.0 Å². The Bertz CT molecular complexity index is 1030. The maximum Gasteiger partial charge on any atom is 0.174 e. The van der Waals surface area contributed by atoms with Crippen molar-refractivity contribution in [2.45, 2.75) is 39.4 Å². The first kappa shape index (κ1) is 19.5. The Kier molecular flexibility index (Phi) is 5.28. The smallest absolute Gasteiger partial charge is 0.174 e. The Morgan fingerprint density at radius 1 is 1.14 bits per heavy atom. The molecule has 1 N–H and O–H groups in total. The van der Waals surface area contributed by atoms with Crippen LogP contribution in [-0.4, -0.2) is 21.8 Å². The van der Waals surface area contributed by atoms with Gasteiger partial charge < -0.3 is 19.5 Å². The molecule has 5 nitrogen and oxygen atoms in total. The van der Waals surface area contributed by atoms with E-state index in [0.717, 1.165) is 23.7 Å². The van der Waals surface area contributed by atoms with Crippen LogP contribution in [0.5, 0.6) is 5.75 Å². The van der Waals surface area contributed by atoms with Crippen LogP contribution in [0.15, 0.2) is 54.7 Å². The molecule has 0 bridgehead atoms. The topological polar surface area (TPSA) is 42.3 Å². The molecule has 4 rings (SSSR count). The summed E-state index contributed by atoms with van der Waals surface area (Å²) in [6.45, 7) is 7.46. The van der Waals surface area contributed by atoms with Crippen LogP contribution in [0, 0.1) is 13.8 Å². The molecule has 29 heavy (non-hydrogen) atoms. The lowest BCUT2D eigenvalue weighted by atomic mass is 9.96. The van der Waals surface area contributed by atoms with Crippen LogP contribution in [0.2, 0.25) is 0 Å². The lowest BCUT2D eigenvalue weighted by molar-refractivity contribution is 0.415. The lowest BCUT2D eigenvalue weighted by Crippen LogP contribution is -2.29. The van der Waals surface area contributed by atoms with Crippen molar-refractivity contribution < 1.29 is 4.74 Å². The minimum atomic E-state index is -0.0410. The number of aromatic nitrogens is 2. The average Bonchev–Trinajstić information content (AvgIpc) is 3.23. The van der Waals surface area contributed by atoms with Crippen molar-refractivity contribution in [3.8, 4) is 5.75 Å². The van der Waals surface area contributed by atoms with Crippen LogP contribution in [-0.2, 0) is 6.54 Å². The highest BCUT2D eigenvalue weighted by Crippen LogP contribution is 2.43. The largest absolute Gasteiger partial charge is 0.497 e. The number of hydrogen-bond acceptors (Lipinski definition) is 3. The SMILES string of the molecule is CCn1c(C)cc([C@@H]2[C@H](c3ccccn3)NC(=S)N2c2cccc(OC)c2)c1C. The predicted molar refractivity (Wildman–Crippen MR) is 121 cm³/mol. The zero-order valence-corrected chi connectivity index (χ0v) is 18.0. The molecule has 0 spiro atoms. The van der Waals surface area contributed by atoms with Crippen molar-refractivity contribution in [3.63, 3.8) is 0 Å². The van der Waals surface area contributed by atoms with Gasteiger partial charge in [-0.3, -0.25) is 4.98 Å². The molecule has 0 radical (unpaired) electrons. The molecule has 0 amide bonds. The van der Waals surface area contributed by atoms with E-state index in [4.69, 9.17) is 17.0 Å². The molecule has 0 unspecified atom stereocenters. The zero-order valence-electron chi connectivity index (χ0n) is 17.2. The fraction of sp³-hybridized carbons (Fsp3) is 0.304. The van der Waals surface area contributed by atoms with E-state index in [1.165, 1.54) is 17.0 Å². The van der Waals surface area contributed by atoms with Crippen LogP contribution in [0.25, 0.3) is 0 Å². The quantitative estimate of drug-likeness (QED) is 0.622. The van der Waals surface area contributed by atoms with E-state index < -0.39 is 0 Å². The maximum absolute atomic E-state index is 5.81. The fourth-order valence-electron chi connectivity index (χ4n) is 4.32. The molecule has 150 valence electrons. The third-order valence-electron chi connectivity index (χ3n) is 5.68. The van der Waals surface area contributed by atoms with Gasteiger partial charge in [0, 0.05) is 35.9 Å². The summed E-state index contributed by atoms with van der Waals surface area (Å²) in [5.41, 5.74) is 5.76. The number of thiocarbonyl (C=S) groups is 1. The third-order valence-corrected chi connectivity index (χ3v) is 5.99. The number of benzene rings is 1. The molecule has 0 saturated carbocycles. The van der Waals surface area contributed by atoms with Crippen molar-refractivity contribution >= 4 is 23.0 Å². The number of nitrogens with zero attached hydrogens (tertiary/aromatic N) is 3. The molecule has 1 aliphatic heterocycles. The number of nitrogens with one attached hydrogen (secondary N) is 1. The van der Waals surface area contributed by atoms with Crippen molar-refractivity contribution in [2.75, 3.05) is 12.0 Å². The summed E-state index contributed by atoms with van der Waals surface area (Å²) < 4.78 is 7.80. The number of pyridine rings is 1. The summed E-state index contributed by atoms with van der Waals surface area (Å²) in [7, 11) is 1.68. The number of hydrogen-bond donors (Lipinski definition) is 1. The van der Waals surface area contributed by atoms with Crippen LogP contribution in [0.3, 0.4) is 0 Å². The van der Waals surface area contributed by atoms with E-state index in [9.17, 15) is 0 Å². The molecule has 1 aromatic carbocycles. The number of aryl methyl sites for hydroxylation is 1. The normalized spacial score (nSPS) is 18.8. The zero-order chi connectivity index (χ0) is 20.5. The van der Waals surface area contributed by atoms with Crippen molar-refractivity contribution in [2.24, 2.45) is 0 Å². The Balaban J connectivity index is 1.88. The van der Waals surface area contributed by atoms with Gasteiger partial charge in [0.2, 0.25) is 0 Å². The monoisotopic (exact) mass is 406 g/mol. The second-order valence-electron chi connectivity index (χ2n) is 7.27. The van der Waals surface area contributed by atoms with E-state index in [-0.39, 0.29) is 12.1 Å². The molecule has 3 heterocycles. The standard InChI is InChI=1S/C23H26N4OS/c1-5-26-15(2)13-19(16(26)3)22-21(20-11-6-7-12-24-20)25-23(29)27(22)17-9-8-10-18(14-17)28-4/h6-14,21-22H,5H2,1-4H3,(H,25,29)/t21-,22+/m0/s1. The van der Waals surface area contributed by atoms with Gasteiger partial charge in [-0.2, -0.15) is 0 Å².